The third kappa shape index (κ3) is 2.49. The fourth-order valence-electron chi connectivity index (χ4n) is 2.67. The van der Waals surface area contributed by atoms with Gasteiger partial charge in [0.25, 0.3) is 0 Å². The first kappa shape index (κ1) is 14.3. The van der Waals surface area contributed by atoms with E-state index in [4.69, 9.17) is 10.7 Å². The highest BCUT2D eigenvalue weighted by Crippen LogP contribution is 2.31. The lowest BCUT2D eigenvalue weighted by atomic mass is 10.0. The van der Waals surface area contributed by atoms with Crippen LogP contribution < -0.4 is 5.73 Å². The number of aryl methyl sites for hydroxylation is 1. The van der Waals surface area contributed by atoms with Gasteiger partial charge in [0, 0.05) is 28.2 Å². The number of fused-ring (bicyclic) bond motifs is 1. The average Bonchev–Trinajstić information content (AvgIpc) is 2.88. The van der Waals surface area contributed by atoms with Crippen LogP contribution in [0.2, 0.25) is 0 Å². The number of pyridine rings is 1. The van der Waals surface area contributed by atoms with Gasteiger partial charge in [-0.3, -0.25) is 0 Å². The van der Waals surface area contributed by atoms with E-state index in [0.717, 1.165) is 21.4 Å². The molecule has 3 aromatic rings. The molecule has 0 fully saturated rings. The first-order valence-corrected chi connectivity index (χ1v) is 7.85. The van der Waals surface area contributed by atoms with Crippen molar-refractivity contribution >= 4 is 21.6 Å². The summed E-state index contributed by atoms with van der Waals surface area (Å²) in [5.41, 5.74) is 11.4. The maximum Gasteiger partial charge on any atom is 0.137 e. The van der Waals surface area contributed by atoms with Gasteiger partial charge < -0.3 is 10.1 Å². The third-order valence-electron chi connectivity index (χ3n) is 3.81. The molecule has 0 spiro atoms. The predicted octanol–water partition coefficient (Wildman–Crippen LogP) is 4.13. The maximum atomic E-state index is 5.93. The summed E-state index contributed by atoms with van der Waals surface area (Å²) in [6.07, 6.45) is 0. The largest absolute Gasteiger partial charge is 0.330 e. The lowest BCUT2D eigenvalue weighted by molar-refractivity contribution is 0.733. The van der Waals surface area contributed by atoms with Crippen molar-refractivity contribution in [1.82, 2.24) is 9.38 Å². The molecule has 0 aliphatic rings. The molecule has 1 aromatic carbocycles. The number of hydrogen-bond donors (Lipinski definition) is 1. The molecule has 0 radical (unpaired) electrons. The SMILES string of the molecule is Cc1cccc2nc(-c3ccc(Br)cc3)c(C(C)CN)n12. The van der Waals surface area contributed by atoms with Gasteiger partial charge in [-0.15, -0.1) is 0 Å². The summed E-state index contributed by atoms with van der Waals surface area (Å²) in [5.74, 6) is 0.250. The average molecular weight is 344 g/mol. The Morgan fingerprint density at radius 2 is 1.90 bits per heavy atom. The van der Waals surface area contributed by atoms with Gasteiger partial charge in [-0.1, -0.05) is 41.1 Å². The van der Waals surface area contributed by atoms with Gasteiger partial charge in [-0.05, 0) is 31.2 Å². The van der Waals surface area contributed by atoms with Crippen molar-refractivity contribution in [2.24, 2.45) is 5.73 Å². The number of aromatic nitrogens is 2. The first-order valence-electron chi connectivity index (χ1n) is 7.05. The van der Waals surface area contributed by atoms with E-state index in [-0.39, 0.29) is 5.92 Å². The summed E-state index contributed by atoms with van der Waals surface area (Å²) in [7, 11) is 0. The van der Waals surface area contributed by atoms with E-state index in [2.05, 4.69) is 52.4 Å². The van der Waals surface area contributed by atoms with Gasteiger partial charge >= 0.3 is 0 Å². The number of benzene rings is 1. The molecule has 0 saturated carbocycles. The van der Waals surface area contributed by atoms with Gasteiger partial charge in [-0.2, -0.15) is 0 Å². The van der Waals surface area contributed by atoms with Crippen molar-refractivity contribution < 1.29 is 0 Å². The number of nitrogens with zero attached hydrogens (tertiary/aromatic N) is 2. The predicted molar refractivity (Wildman–Crippen MR) is 90.5 cm³/mol. The summed E-state index contributed by atoms with van der Waals surface area (Å²) in [5, 5.41) is 0. The Morgan fingerprint density at radius 1 is 1.19 bits per heavy atom. The van der Waals surface area contributed by atoms with Crippen LogP contribution in [0, 0.1) is 6.92 Å². The van der Waals surface area contributed by atoms with E-state index in [1.807, 2.05) is 24.3 Å². The molecule has 3 rings (SSSR count). The molecule has 3 nitrogen and oxygen atoms in total. The van der Waals surface area contributed by atoms with E-state index in [1.54, 1.807) is 0 Å². The van der Waals surface area contributed by atoms with Crippen molar-refractivity contribution in [2.45, 2.75) is 19.8 Å². The van der Waals surface area contributed by atoms with Crippen LogP contribution in [0.25, 0.3) is 16.9 Å². The molecule has 0 bridgehead atoms. The zero-order chi connectivity index (χ0) is 15.0. The highest BCUT2D eigenvalue weighted by atomic mass is 79.9. The number of halogens is 1. The summed E-state index contributed by atoms with van der Waals surface area (Å²) < 4.78 is 3.29. The Bertz CT molecular complexity index is 775. The molecular weight excluding hydrogens is 326 g/mol. The minimum atomic E-state index is 0.250. The second kappa shape index (κ2) is 5.62. The maximum absolute atomic E-state index is 5.93. The summed E-state index contributed by atoms with van der Waals surface area (Å²) in [4.78, 5) is 4.83. The van der Waals surface area contributed by atoms with Crippen LogP contribution in [0.3, 0.4) is 0 Å². The molecule has 1 unspecified atom stereocenters. The van der Waals surface area contributed by atoms with Crippen molar-refractivity contribution in [3.05, 3.63) is 58.3 Å². The number of hydrogen-bond acceptors (Lipinski definition) is 2. The van der Waals surface area contributed by atoms with Crippen molar-refractivity contribution in [3.63, 3.8) is 0 Å². The number of rotatable bonds is 3. The lowest BCUT2D eigenvalue weighted by Gasteiger charge is -2.13. The summed E-state index contributed by atoms with van der Waals surface area (Å²) in [6, 6.07) is 14.5. The standard InChI is InChI=1S/C17H18BrN3/c1-11(10-19)17-16(13-6-8-14(18)9-7-13)20-15-5-3-4-12(2)21(15)17/h3-9,11H,10,19H2,1-2H3. The second-order valence-electron chi connectivity index (χ2n) is 5.35. The molecule has 1 atom stereocenters. The molecule has 2 aromatic heterocycles. The Kier molecular flexibility index (Phi) is 3.83. The molecule has 0 aliphatic carbocycles. The highest BCUT2D eigenvalue weighted by molar-refractivity contribution is 9.10. The number of nitrogens with two attached hydrogens (primary N) is 1. The second-order valence-corrected chi connectivity index (χ2v) is 6.27. The van der Waals surface area contributed by atoms with Crippen LogP contribution in [0.5, 0.6) is 0 Å². The van der Waals surface area contributed by atoms with Crippen molar-refractivity contribution in [1.29, 1.82) is 0 Å². The minimum Gasteiger partial charge on any atom is -0.330 e. The van der Waals surface area contributed by atoms with Crippen LogP contribution in [-0.4, -0.2) is 15.9 Å². The zero-order valence-electron chi connectivity index (χ0n) is 12.2. The van der Waals surface area contributed by atoms with Crippen molar-refractivity contribution in [3.8, 4) is 11.3 Å². The van der Waals surface area contributed by atoms with E-state index in [9.17, 15) is 0 Å². The Morgan fingerprint density at radius 3 is 2.57 bits per heavy atom. The van der Waals surface area contributed by atoms with Gasteiger partial charge in [0.2, 0.25) is 0 Å². The van der Waals surface area contributed by atoms with Gasteiger partial charge in [0.15, 0.2) is 0 Å². The van der Waals surface area contributed by atoms with Crippen LogP contribution in [0.15, 0.2) is 46.9 Å². The monoisotopic (exact) mass is 343 g/mol. The van der Waals surface area contributed by atoms with Crippen LogP contribution >= 0.6 is 15.9 Å². The number of imidazole rings is 1. The van der Waals surface area contributed by atoms with Gasteiger partial charge in [0.1, 0.15) is 5.65 Å². The highest BCUT2D eigenvalue weighted by Gasteiger charge is 2.19. The minimum absolute atomic E-state index is 0.250. The van der Waals surface area contributed by atoms with E-state index < -0.39 is 0 Å². The van der Waals surface area contributed by atoms with E-state index >= 15 is 0 Å². The normalized spacial score (nSPS) is 12.8. The fourth-order valence-corrected chi connectivity index (χ4v) is 2.93. The molecule has 4 heteroatoms. The van der Waals surface area contributed by atoms with E-state index in [0.29, 0.717) is 6.54 Å². The quantitative estimate of drug-likeness (QED) is 0.776. The summed E-state index contributed by atoms with van der Waals surface area (Å²) in [6.45, 7) is 4.86. The molecule has 21 heavy (non-hydrogen) atoms. The van der Waals surface area contributed by atoms with Gasteiger partial charge in [-0.25, -0.2) is 4.98 Å². The van der Waals surface area contributed by atoms with Crippen LogP contribution in [0.1, 0.15) is 24.2 Å². The Hall–Kier alpha value is -1.65. The van der Waals surface area contributed by atoms with Crippen LogP contribution in [0.4, 0.5) is 0 Å². The van der Waals surface area contributed by atoms with Crippen molar-refractivity contribution in [2.75, 3.05) is 6.54 Å². The smallest absolute Gasteiger partial charge is 0.137 e. The molecule has 2 N–H and O–H groups in total. The molecule has 0 saturated heterocycles. The Labute approximate surface area is 132 Å². The topological polar surface area (TPSA) is 43.3 Å². The Balaban J connectivity index is 2.31. The molecular formula is C17H18BrN3. The first-order chi connectivity index (χ1) is 10.1. The summed E-state index contributed by atoms with van der Waals surface area (Å²) >= 11 is 3.48. The molecule has 0 amide bonds. The van der Waals surface area contributed by atoms with Crippen LogP contribution in [-0.2, 0) is 0 Å². The molecule has 0 aliphatic heterocycles. The van der Waals surface area contributed by atoms with E-state index in [1.165, 1.54) is 11.4 Å². The molecule has 108 valence electrons. The lowest BCUT2D eigenvalue weighted by Crippen LogP contribution is -2.12. The zero-order valence-corrected chi connectivity index (χ0v) is 13.8. The third-order valence-corrected chi connectivity index (χ3v) is 4.34. The van der Waals surface area contributed by atoms with Gasteiger partial charge in [0.05, 0.1) is 11.4 Å². The fraction of sp³-hybridized carbons (Fsp3) is 0.235. The molecule has 2 heterocycles.